The Hall–Kier alpha value is -0.440. The quantitative estimate of drug-likeness (QED) is 0.421. The van der Waals surface area contributed by atoms with Crippen molar-refractivity contribution in [3.05, 3.63) is 16.1 Å². The Morgan fingerprint density at radius 2 is 2.15 bits per heavy atom. The van der Waals surface area contributed by atoms with Crippen LogP contribution in [0.1, 0.15) is 47.1 Å². The first-order valence-electron chi connectivity index (χ1n) is 6.29. The zero-order valence-electron chi connectivity index (χ0n) is 11.1. The first-order chi connectivity index (χ1) is 9.47. The van der Waals surface area contributed by atoms with Gasteiger partial charge in [-0.3, -0.25) is 0 Å². The van der Waals surface area contributed by atoms with Crippen molar-refractivity contribution in [1.82, 2.24) is 4.98 Å². The maximum absolute atomic E-state index is 13.6. The molecule has 112 valence electrons. The molecule has 0 saturated heterocycles. The summed E-state index contributed by atoms with van der Waals surface area (Å²) in [6, 6.07) is 0. The number of aromatic nitrogens is 1. The number of hydrogen-bond donors (Lipinski definition) is 0. The third-order valence-corrected chi connectivity index (χ3v) is 6.54. The van der Waals surface area contributed by atoms with Gasteiger partial charge < -0.3 is 4.74 Å². The van der Waals surface area contributed by atoms with E-state index >= 15 is 0 Å². The van der Waals surface area contributed by atoms with Crippen LogP contribution in [0.3, 0.4) is 0 Å². The lowest BCUT2D eigenvalue weighted by Gasteiger charge is -2.30. The number of thiazole rings is 1. The predicted molar refractivity (Wildman–Crippen MR) is 84.2 cm³/mol. The number of hydrogen-bond acceptors (Lipinski definition) is 4. The summed E-state index contributed by atoms with van der Waals surface area (Å²) in [6.45, 7) is 0. The molecule has 1 aromatic rings. The molecule has 0 aromatic carbocycles. The molecule has 0 bridgehead atoms. The van der Waals surface area contributed by atoms with E-state index in [0.717, 1.165) is 5.01 Å². The number of carbonyl (C=O) groups excluding carboxylic acids is 1. The van der Waals surface area contributed by atoms with Gasteiger partial charge in [0.25, 0.3) is 3.93 Å². The second kappa shape index (κ2) is 6.55. The van der Waals surface area contributed by atoms with Crippen LogP contribution in [0.25, 0.3) is 0 Å². The zero-order valence-corrected chi connectivity index (χ0v) is 14.0. The molecule has 0 N–H and O–H groups in total. The molecule has 1 fully saturated rings. The standard InChI is InChI=1S/C13H16F2INO2S/c1-16-13(14,15)9-5-3-8(4-6-9)11-17-10(7-20-11)12(18)19-2/h7-9H,1,3-6H2,2H3. The van der Waals surface area contributed by atoms with Crippen LogP contribution in [0.2, 0.25) is 0 Å². The summed E-state index contributed by atoms with van der Waals surface area (Å²) < 4.78 is 32.8. The molecule has 0 unspecified atom stereocenters. The summed E-state index contributed by atoms with van der Waals surface area (Å²) in [6.07, 6.45) is 2.44. The van der Waals surface area contributed by atoms with Gasteiger partial charge in [-0.2, -0.15) is 8.78 Å². The Balaban J connectivity index is 1.99. The van der Waals surface area contributed by atoms with E-state index in [-0.39, 0.29) is 5.92 Å². The summed E-state index contributed by atoms with van der Waals surface area (Å²) in [4.78, 5) is 15.6. The van der Waals surface area contributed by atoms with Crippen molar-refractivity contribution in [3.63, 3.8) is 0 Å². The van der Waals surface area contributed by atoms with E-state index in [4.69, 9.17) is 0 Å². The summed E-state index contributed by atoms with van der Waals surface area (Å²) in [7, 11) is 1.32. The van der Waals surface area contributed by atoms with E-state index in [2.05, 4.69) is 14.2 Å². The van der Waals surface area contributed by atoms with Gasteiger partial charge in [0.2, 0.25) is 0 Å². The zero-order chi connectivity index (χ0) is 14.8. The van der Waals surface area contributed by atoms with Gasteiger partial charge in [-0.15, -0.1) is 11.3 Å². The van der Waals surface area contributed by atoms with Gasteiger partial charge in [-0.05, 0) is 25.7 Å². The predicted octanol–water partition coefficient (Wildman–Crippen LogP) is 4.20. The van der Waals surface area contributed by atoms with E-state index in [9.17, 15) is 13.6 Å². The molecular formula is C13H16F2INO2S. The molecule has 0 aliphatic heterocycles. The average Bonchev–Trinajstić information content (AvgIpc) is 2.96. The highest BCUT2D eigenvalue weighted by Crippen LogP contribution is 2.47. The van der Waals surface area contributed by atoms with Crippen molar-refractivity contribution >= 4 is 42.6 Å². The monoisotopic (exact) mass is 415 g/mol. The van der Waals surface area contributed by atoms with Crippen LogP contribution in [0.15, 0.2) is 5.38 Å². The number of ether oxygens (including phenoxy) is 1. The van der Waals surface area contributed by atoms with Crippen molar-refractivity contribution in [2.75, 3.05) is 7.11 Å². The first-order valence-corrected chi connectivity index (χ1v) is 9.77. The van der Waals surface area contributed by atoms with Crippen molar-refractivity contribution in [1.29, 1.82) is 0 Å². The second-order valence-electron chi connectivity index (χ2n) is 4.79. The normalized spacial score (nSPS) is 23.6. The fourth-order valence-corrected chi connectivity index (χ4v) is 4.66. The number of methoxy groups -OCH3 is 1. The summed E-state index contributed by atoms with van der Waals surface area (Å²) in [5.74, 6) is -0.785. The van der Waals surface area contributed by atoms with E-state index in [1.54, 1.807) is 5.38 Å². The highest BCUT2D eigenvalue weighted by molar-refractivity contribution is 14.2. The highest BCUT2D eigenvalue weighted by atomic mass is 127. The molecule has 0 atom stereocenters. The highest BCUT2D eigenvalue weighted by Gasteiger charge is 2.40. The van der Waals surface area contributed by atoms with E-state index in [1.165, 1.54) is 18.4 Å². The van der Waals surface area contributed by atoms with Crippen LogP contribution in [-0.4, -0.2) is 26.5 Å². The average molecular weight is 415 g/mol. The fraction of sp³-hybridized carbons (Fsp3) is 0.615. The van der Waals surface area contributed by atoms with Gasteiger partial charge in [0, 0.05) is 17.2 Å². The fourth-order valence-electron chi connectivity index (χ4n) is 2.45. The molecule has 7 heteroatoms. The molecular weight excluding hydrogens is 399 g/mol. The van der Waals surface area contributed by atoms with Gasteiger partial charge in [0.05, 0.1) is 12.1 Å². The molecule has 0 spiro atoms. The summed E-state index contributed by atoms with van der Waals surface area (Å²) >= 11 is 0.111. The molecule has 1 aliphatic carbocycles. The number of nitrogens with zero attached hydrogens (tertiary/aromatic N) is 1. The third-order valence-electron chi connectivity index (χ3n) is 3.63. The Kier molecular flexibility index (Phi) is 5.22. The molecule has 20 heavy (non-hydrogen) atoms. The van der Waals surface area contributed by atoms with Crippen molar-refractivity contribution in [3.8, 4) is 0 Å². The van der Waals surface area contributed by atoms with Crippen LogP contribution in [-0.2, 0) is 4.74 Å². The number of alkyl halides is 3. The Bertz CT molecular complexity index is 498. The minimum atomic E-state index is -2.55. The van der Waals surface area contributed by atoms with Crippen LogP contribution in [0, 0.1) is 5.92 Å². The van der Waals surface area contributed by atoms with E-state index in [1.807, 2.05) is 0 Å². The molecule has 3 nitrogen and oxygen atoms in total. The van der Waals surface area contributed by atoms with Gasteiger partial charge in [0.15, 0.2) is 5.69 Å². The van der Waals surface area contributed by atoms with Crippen LogP contribution < -0.4 is 0 Å². The van der Waals surface area contributed by atoms with E-state index in [0.29, 0.717) is 31.4 Å². The lowest BCUT2D eigenvalue weighted by atomic mass is 9.82. The van der Waals surface area contributed by atoms with Gasteiger partial charge in [0.1, 0.15) is 0 Å². The number of rotatable bonds is 4. The lowest BCUT2D eigenvalue weighted by Crippen LogP contribution is -2.26. The summed E-state index contributed by atoms with van der Waals surface area (Å²) in [5, 5.41) is 2.53. The molecule has 1 aliphatic rings. The second-order valence-corrected chi connectivity index (χ2v) is 7.88. The van der Waals surface area contributed by atoms with Gasteiger partial charge in [-0.1, -0.05) is 25.2 Å². The maximum Gasteiger partial charge on any atom is 0.357 e. The van der Waals surface area contributed by atoms with Crippen LogP contribution in [0.5, 0.6) is 0 Å². The smallest absolute Gasteiger partial charge is 0.357 e. The SMILES string of the molecule is C=IC(F)(F)C1CCC(c2nc(C(=O)OC)cs2)CC1. The Morgan fingerprint density at radius 1 is 1.50 bits per heavy atom. The van der Waals surface area contributed by atoms with E-state index < -0.39 is 36.5 Å². The third kappa shape index (κ3) is 3.41. The minimum Gasteiger partial charge on any atom is -0.464 e. The number of carbonyl (C=O) groups is 1. The number of halogens is 3. The molecule has 0 amide bonds. The van der Waals surface area contributed by atoms with Crippen LogP contribution >= 0.6 is 32.1 Å². The molecule has 2 rings (SSSR count). The molecule has 0 radical (unpaired) electrons. The maximum atomic E-state index is 13.6. The molecule has 1 heterocycles. The first kappa shape index (κ1) is 15.9. The minimum absolute atomic E-state index is 0.188. The largest absolute Gasteiger partial charge is 0.464 e. The molecule has 1 saturated carbocycles. The van der Waals surface area contributed by atoms with Crippen molar-refractivity contribution < 1.29 is 18.3 Å². The van der Waals surface area contributed by atoms with Crippen molar-refractivity contribution in [2.45, 2.75) is 35.5 Å². The summed E-state index contributed by atoms with van der Waals surface area (Å²) in [5.41, 5.74) is 0.309. The van der Waals surface area contributed by atoms with Gasteiger partial charge in [-0.25, -0.2) is 9.78 Å². The number of esters is 1. The Morgan fingerprint density at radius 3 is 2.70 bits per heavy atom. The Labute approximate surface area is 130 Å². The van der Waals surface area contributed by atoms with Crippen molar-refractivity contribution in [2.24, 2.45) is 5.92 Å². The van der Waals surface area contributed by atoms with Gasteiger partial charge >= 0.3 is 5.97 Å². The van der Waals surface area contributed by atoms with Crippen LogP contribution in [0.4, 0.5) is 8.78 Å². The molecule has 1 aromatic heterocycles. The lowest BCUT2D eigenvalue weighted by molar-refractivity contribution is 0.0346. The topological polar surface area (TPSA) is 39.2 Å².